The Hall–Kier alpha value is -3.33. The van der Waals surface area contributed by atoms with E-state index >= 15 is 0 Å². The van der Waals surface area contributed by atoms with Crippen molar-refractivity contribution in [3.63, 3.8) is 0 Å². The van der Waals surface area contributed by atoms with Gasteiger partial charge in [0, 0.05) is 36.0 Å². The Kier molecular flexibility index (Phi) is 9.04. The number of likely N-dealkylation sites (N-methyl/N-ethyl adjacent to an activating group) is 1. The van der Waals surface area contributed by atoms with Crippen LogP contribution < -0.4 is 9.89 Å². The summed E-state index contributed by atoms with van der Waals surface area (Å²) >= 11 is 0. The molecule has 0 bridgehead atoms. The molecule has 0 atom stereocenters. The quantitative estimate of drug-likeness (QED) is 0.320. The fourth-order valence-electron chi connectivity index (χ4n) is 3.88. The number of nitrogens with one attached hydrogen (secondary N) is 1. The zero-order valence-electron chi connectivity index (χ0n) is 21.4. The first-order valence-electron chi connectivity index (χ1n) is 11.7. The molecule has 3 rings (SSSR count). The Labute approximate surface area is 200 Å². The third kappa shape index (κ3) is 6.35. The molecule has 0 aliphatic carbocycles. The van der Waals surface area contributed by atoms with Crippen molar-refractivity contribution in [2.24, 2.45) is 0 Å². The molecule has 0 fully saturated rings. The molecular formula is C30H39N2O+. The standard InChI is InChI=1S/C28H32N2O.C2H6/c1-20-13-16-23(17-14-20)29-27(31)22(3)11-9-7-8-10-12-26-28(4,5)24-19-21(2)15-18-25(24)30(26)6;1-2/h7-19H,1-6H3,(H,29,31);1-2H3/p+1/b9-7+,10-8+,22-11+,26-12+;. The van der Waals surface area contributed by atoms with Crippen LogP contribution in [-0.4, -0.2) is 18.1 Å². The van der Waals surface area contributed by atoms with Crippen molar-refractivity contribution >= 4 is 17.3 Å². The SMILES string of the molecule is CC.C\C(=C/C=C/C=C/C=C1/N(C)c2ccc(C)cc2C1(C)C)C(O)=[NH+]c1ccc(C)cc1. The minimum atomic E-state index is -0.0248. The number of aliphatic hydroxyl groups is 1. The molecule has 33 heavy (non-hydrogen) atoms. The first-order valence-corrected chi connectivity index (χ1v) is 11.7. The van der Waals surface area contributed by atoms with E-state index in [1.54, 1.807) is 0 Å². The van der Waals surface area contributed by atoms with Gasteiger partial charge >= 0.3 is 5.90 Å². The van der Waals surface area contributed by atoms with Gasteiger partial charge in [0.25, 0.3) is 0 Å². The molecule has 3 heteroatoms. The Balaban J connectivity index is 0.00000187. The van der Waals surface area contributed by atoms with Gasteiger partial charge in [0.15, 0.2) is 0 Å². The van der Waals surface area contributed by atoms with Gasteiger partial charge in [-0.3, -0.25) is 0 Å². The number of hydrogen-bond acceptors (Lipinski definition) is 1. The third-order valence-corrected chi connectivity index (χ3v) is 5.81. The van der Waals surface area contributed by atoms with E-state index in [2.05, 4.69) is 68.1 Å². The normalized spacial score (nSPS) is 17.0. The van der Waals surface area contributed by atoms with Crippen LogP contribution in [0, 0.1) is 13.8 Å². The summed E-state index contributed by atoms with van der Waals surface area (Å²) in [5.41, 5.74) is 8.01. The van der Waals surface area contributed by atoms with Gasteiger partial charge < -0.3 is 10.0 Å². The van der Waals surface area contributed by atoms with Gasteiger partial charge in [-0.15, -0.1) is 0 Å². The van der Waals surface area contributed by atoms with Crippen molar-refractivity contribution in [2.45, 2.75) is 53.9 Å². The second-order valence-electron chi connectivity index (χ2n) is 8.72. The lowest BCUT2D eigenvalue weighted by atomic mass is 9.83. The van der Waals surface area contributed by atoms with Crippen LogP contribution in [0.25, 0.3) is 0 Å². The summed E-state index contributed by atoms with van der Waals surface area (Å²) in [7, 11) is 2.13. The number of benzene rings is 2. The van der Waals surface area contributed by atoms with Crippen LogP contribution in [-0.2, 0) is 5.41 Å². The molecule has 1 heterocycles. The number of nitrogens with zero attached hydrogens (tertiary/aromatic N) is 1. The van der Waals surface area contributed by atoms with Crippen molar-refractivity contribution in [2.75, 3.05) is 11.9 Å². The van der Waals surface area contributed by atoms with Crippen LogP contribution in [0.15, 0.2) is 90.2 Å². The maximum atomic E-state index is 10.2. The van der Waals surface area contributed by atoms with E-state index in [0.717, 1.165) is 11.3 Å². The molecule has 0 radical (unpaired) electrons. The predicted octanol–water partition coefficient (Wildman–Crippen LogP) is 6.37. The van der Waals surface area contributed by atoms with Crippen molar-refractivity contribution in [3.05, 3.63) is 107 Å². The molecule has 0 aromatic heterocycles. The third-order valence-electron chi connectivity index (χ3n) is 5.81. The molecule has 174 valence electrons. The van der Waals surface area contributed by atoms with Crippen LogP contribution in [0.5, 0.6) is 0 Å². The maximum absolute atomic E-state index is 10.2. The van der Waals surface area contributed by atoms with Gasteiger partial charge in [-0.1, -0.05) is 87.4 Å². The number of aliphatic hydroxyl groups excluding tert-OH is 1. The Morgan fingerprint density at radius 3 is 2.18 bits per heavy atom. The lowest BCUT2D eigenvalue weighted by Crippen LogP contribution is -2.66. The van der Waals surface area contributed by atoms with Gasteiger partial charge in [0.2, 0.25) is 5.69 Å². The van der Waals surface area contributed by atoms with Crippen LogP contribution in [0.4, 0.5) is 11.4 Å². The summed E-state index contributed by atoms with van der Waals surface area (Å²) in [5.74, 6) is 0.155. The fraction of sp³-hybridized carbons (Fsp3) is 0.300. The molecule has 0 amide bonds. The van der Waals surface area contributed by atoms with Gasteiger partial charge in [-0.25, -0.2) is 0 Å². The Morgan fingerprint density at radius 1 is 0.909 bits per heavy atom. The average molecular weight is 444 g/mol. The highest BCUT2D eigenvalue weighted by Crippen LogP contribution is 2.47. The smallest absolute Gasteiger partial charge is 0.367 e. The van der Waals surface area contributed by atoms with E-state index in [1.165, 1.54) is 28.1 Å². The van der Waals surface area contributed by atoms with Crippen LogP contribution in [0.1, 0.15) is 51.3 Å². The summed E-state index contributed by atoms with van der Waals surface area (Å²) in [6.07, 6.45) is 12.1. The van der Waals surface area contributed by atoms with E-state index < -0.39 is 0 Å². The Bertz CT molecular complexity index is 1100. The number of allylic oxidation sites excluding steroid dienone is 7. The number of fused-ring (bicyclic) bond motifs is 1. The summed E-state index contributed by atoms with van der Waals surface area (Å²) in [6, 6.07) is 14.6. The molecular weight excluding hydrogens is 404 g/mol. The summed E-state index contributed by atoms with van der Waals surface area (Å²) in [6.45, 7) is 14.6. The molecule has 0 spiro atoms. The monoisotopic (exact) mass is 443 g/mol. The lowest BCUT2D eigenvalue weighted by molar-refractivity contribution is -0.364. The number of aryl methyl sites for hydroxylation is 2. The highest BCUT2D eigenvalue weighted by Gasteiger charge is 2.37. The van der Waals surface area contributed by atoms with Gasteiger partial charge in [-0.2, -0.15) is 4.99 Å². The summed E-state index contributed by atoms with van der Waals surface area (Å²) in [4.78, 5) is 5.30. The van der Waals surface area contributed by atoms with E-state index in [4.69, 9.17) is 0 Å². The summed E-state index contributed by atoms with van der Waals surface area (Å²) < 4.78 is 0. The zero-order valence-corrected chi connectivity index (χ0v) is 21.4. The van der Waals surface area contributed by atoms with E-state index in [0.29, 0.717) is 0 Å². The molecule has 0 unspecified atom stereocenters. The second-order valence-corrected chi connectivity index (χ2v) is 8.72. The van der Waals surface area contributed by atoms with Crippen molar-refractivity contribution in [1.29, 1.82) is 0 Å². The molecule has 0 saturated heterocycles. The van der Waals surface area contributed by atoms with Gasteiger partial charge in [0.1, 0.15) is 0 Å². The van der Waals surface area contributed by atoms with Crippen molar-refractivity contribution in [3.8, 4) is 0 Å². The van der Waals surface area contributed by atoms with Crippen molar-refractivity contribution < 1.29 is 10.1 Å². The Morgan fingerprint density at radius 2 is 1.52 bits per heavy atom. The van der Waals surface area contributed by atoms with Crippen molar-refractivity contribution in [1.82, 2.24) is 0 Å². The van der Waals surface area contributed by atoms with E-state index in [1.807, 2.05) is 76.3 Å². The largest absolute Gasteiger partial charge is 0.460 e. The van der Waals surface area contributed by atoms with E-state index in [9.17, 15) is 5.11 Å². The summed E-state index contributed by atoms with van der Waals surface area (Å²) in [5, 5.41) is 10.2. The van der Waals surface area contributed by atoms with Gasteiger partial charge in [0.05, 0.1) is 5.57 Å². The number of anilines is 1. The maximum Gasteiger partial charge on any atom is 0.367 e. The molecule has 2 aromatic rings. The molecule has 2 aromatic carbocycles. The molecule has 1 aliphatic rings. The molecule has 3 nitrogen and oxygen atoms in total. The zero-order chi connectivity index (χ0) is 24.6. The molecule has 2 N–H and O–H groups in total. The average Bonchev–Trinajstić information content (AvgIpc) is 2.98. The molecule has 0 saturated carbocycles. The topological polar surface area (TPSA) is 37.4 Å². The lowest BCUT2D eigenvalue weighted by Gasteiger charge is -2.23. The van der Waals surface area contributed by atoms with E-state index in [-0.39, 0.29) is 11.3 Å². The first kappa shape index (κ1) is 25.9. The fourth-order valence-corrected chi connectivity index (χ4v) is 3.88. The van der Waals surface area contributed by atoms with Crippen LogP contribution in [0.2, 0.25) is 0 Å². The highest BCUT2D eigenvalue weighted by molar-refractivity contribution is 5.87. The van der Waals surface area contributed by atoms with Gasteiger partial charge in [-0.05, 0) is 44.6 Å². The second kappa shape index (κ2) is 11.5. The number of rotatable bonds is 5. The van der Waals surface area contributed by atoms with Crippen LogP contribution in [0.3, 0.4) is 0 Å². The minimum absolute atomic E-state index is 0.0248. The first-order chi connectivity index (χ1) is 15.7. The number of hydrogen-bond donors (Lipinski definition) is 2. The van der Waals surface area contributed by atoms with Crippen LogP contribution >= 0.6 is 0 Å². The minimum Gasteiger partial charge on any atom is -0.460 e. The predicted molar refractivity (Wildman–Crippen MR) is 144 cm³/mol. The highest BCUT2D eigenvalue weighted by atomic mass is 16.3. The molecule has 1 aliphatic heterocycles.